The number of imidazole rings is 1. The van der Waals surface area contributed by atoms with Gasteiger partial charge in [0.15, 0.2) is 0 Å². The van der Waals surface area contributed by atoms with Crippen molar-refractivity contribution in [2.45, 2.75) is 32.7 Å². The third kappa shape index (κ3) is 2.53. The van der Waals surface area contributed by atoms with E-state index in [9.17, 15) is 4.79 Å². The van der Waals surface area contributed by atoms with Gasteiger partial charge in [0.2, 0.25) is 5.91 Å². The molecule has 0 aliphatic rings. The first-order valence-electron chi connectivity index (χ1n) is 6.43. The average Bonchev–Trinajstić information content (AvgIpc) is 2.82. The third-order valence-corrected chi connectivity index (χ3v) is 3.11. The molecule has 2 aromatic rings. The first kappa shape index (κ1) is 12.6. The molecule has 1 aromatic carbocycles. The molecule has 0 saturated heterocycles. The van der Waals surface area contributed by atoms with Crippen molar-refractivity contribution in [1.82, 2.24) is 14.9 Å². The quantitative estimate of drug-likeness (QED) is 0.823. The highest BCUT2D eigenvalue weighted by molar-refractivity contribution is 5.83. The lowest BCUT2D eigenvalue weighted by Crippen LogP contribution is -2.31. The van der Waals surface area contributed by atoms with Crippen molar-refractivity contribution in [3.05, 3.63) is 30.6 Å². The topological polar surface area (TPSA) is 46.9 Å². The van der Waals surface area contributed by atoms with Gasteiger partial charge in [-0.05, 0) is 25.5 Å². The number of fused-ring (bicyclic) bond motifs is 1. The van der Waals surface area contributed by atoms with E-state index in [1.54, 1.807) is 6.33 Å². The van der Waals surface area contributed by atoms with Gasteiger partial charge in [-0.3, -0.25) is 4.79 Å². The highest BCUT2D eigenvalue weighted by Crippen LogP contribution is 2.17. The molecule has 0 aliphatic heterocycles. The highest BCUT2D eigenvalue weighted by atomic mass is 16.2. The Balaban J connectivity index is 2.13. The average molecular weight is 245 g/mol. The van der Waals surface area contributed by atoms with E-state index in [0.29, 0.717) is 0 Å². The van der Waals surface area contributed by atoms with Crippen LogP contribution < -0.4 is 5.32 Å². The van der Waals surface area contributed by atoms with Crippen LogP contribution in [0.4, 0.5) is 0 Å². The summed E-state index contributed by atoms with van der Waals surface area (Å²) in [6.45, 7) is 4.75. The number of nitrogens with zero attached hydrogens (tertiary/aromatic N) is 2. The summed E-state index contributed by atoms with van der Waals surface area (Å²) in [7, 11) is 0. The number of nitrogens with one attached hydrogen (secondary N) is 1. The number of para-hydroxylation sites is 2. The van der Waals surface area contributed by atoms with Crippen molar-refractivity contribution in [2.24, 2.45) is 0 Å². The number of hydrogen-bond acceptors (Lipinski definition) is 2. The van der Waals surface area contributed by atoms with Crippen molar-refractivity contribution in [1.29, 1.82) is 0 Å². The summed E-state index contributed by atoms with van der Waals surface area (Å²) < 4.78 is 1.91. The molecule has 1 unspecified atom stereocenters. The van der Waals surface area contributed by atoms with E-state index in [2.05, 4.69) is 17.2 Å². The van der Waals surface area contributed by atoms with Gasteiger partial charge in [0.25, 0.3) is 0 Å². The van der Waals surface area contributed by atoms with E-state index in [-0.39, 0.29) is 11.9 Å². The molecule has 4 heteroatoms. The number of hydrogen-bond donors (Lipinski definition) is 1. The first-order chi connectivity index (χ1) is 8.74. The van der Waals surface area contributed by atoms with Crippen LogP contribution in [-0.4, -0.2) is 22.0 Å². The molecule has 1 amide bonds. The molecular formula is C14H19N3O. The van der Waals surface area contributed by atoms with Crippen molar-refractivity contribution < 1.29 is 4.79 Å². The van der Waals surface area contributed by atoms with Crippen molar-refractivity contribution in [3.63, 3.8) is 0 Å². The molecule has 0 aliphatic carbocycles. The van der Waals surface area contributed by atoms with E-state index in [1.807, 2.05) is 35.8 Å². The minimum absolute atomic E-state index is 0.0478. The lowest BCUT2D eigenvalue weighted by Gasteiger charge is -2.14. The molecule has 0 radical (unpaired) electrons. The molecule has 1 N–H and O–H groups in total. The number of aromatic nitrogens is 2. The van der Waals surface area contributed by atoms with Crippen LogP contribution in [-0.2, 0) is 4.79 Å². The summed E-state index contributed by atoms with van der Waals surface area (Å²) in [4.78, 5) is 16.3. The largest absolute Gasteiger partial charge is 0.354 e. The fourth-order valence-corrected chi connectivity index (χ4v) is 1.95. The molecule has 96 valence electrons. The van der Waals surface area contributed by atoms with Crippen LogP contribution in [0.3, 0.4) is 0 Å². The van der Waals surface area contributed by atoms with Gasteiger partial charge in [0.05, 0.1) is 17.4 Å². The van der Waals surface area contributed by atoms with Gasteiger partial charge < -0.3 is 9.88 Å². The van der Waals surface area contributed by atoms with Crippen LogP contribution in [0.25, 0.3) is 11.0 Å². The predicted octanol–water partition coefficient (Wildman–Crippen LogP) is 2.51. The van der Waals surface area contributed by atoms with Crippen LogP contribution in [0.15, 0.2) is 30.6 Å². The molecule has 0 saturated carbocycles. The zero-order chi connectivity index (χ0) is 13.0. The second-order valence-electron chi connectivity index (χ2n) is 4.46. The smallest absolute Gasteiger partial charge is 0.242 e. The second-order valence-corrected chi connectivity index (χ2v) is 4.46. The van der Waals surface area contributed by atoms with Crippen LogP contribution in [0.5, 0.6) is 0 Å². The Labute approximate surface area is 107 Å². The summed E-state index contributed by atoms with van der Waals surface area (Å²) in [5.74, 6) is 0.0478. The molecule has 18 heavy (non-hydrogen) atoms. The monoisotopic (exact) mass is 245 g/mol. The van der Waals surface area contributed by atoms with Gasteiger partial charge in [0, 0.05) is 6.54 Å². The predicted molar refractivity (Wildman–Crippen MR) is 72.4 cm³/mol. The number of carbonyl (C=O) groups excluding carboxylic acids is 1. The van der Waals surface area contributed by atoms with E-state index < -0.39 is 0 Å². The van der Waals surface area contributed by atoms with Crippen molar-refractivity contribution in [3.8, 4) is 0 Å². The molecular weight excluding hydrogens is 226 g/mol. The van der Waals surface area contributed by atoms with Crippen LogP contribution in [0.2, 0.25) is 0 Å². The lowest BCUT2D eigenvalue weighted by atomic mass is 10.2. The summed E-state index contributed by atoms with van der Waals surface area (Å²) in [5.41, 5.74) is 1.92. The Hall–Kier alpha value is -1.84. The fraction of sp³-hybridized carbons (Fsp3) is 0.429. The summed E-state index contributed by atoms with van der Waals surface area (Å²) in [6, 6.07) is 7.62. The number of amides is 1. The van der Waals surface area contributed by atoms with Gasteiger partial charge >= 0.3 is 0 Å². The Morgan fingerprint density at radius 2 is 2.22 bits per heavy atom. The molecule has 1 atom stereocenters. The molecule has 1 aromatic heterocycles. The molecule has 4 nitrogen and oxygen atoms in total. The number of rotatable bonds is 5. The summed E-state index contributed by atoms with van der Waals surface area (Å²) >= 11 is 0. The molecule has 1 heterocycles. The SMILES string of the molecule is CCCCNC(=O)C(C)n1cnc2ccccc21. The minimum atomic E-state index is -0.228. The first-order valence-corrected chi connectivity index (χ1v) is 6.43. The normalized spacial score (nSPS) is 12.6. The second kappa shape index (κ2) is 5.67. The van der Waals surface area contributed by atoms with Crippen LogP contribution in [0, 0.1) is 0 Å². The fourth-order valence-electron chi connectivity index (χ4n) is 1.95. The minimum Gasteiger partial charge on any atom is -0.354 e. The van der Waals surface area contributed by atoms with Crippen molar-refractivity contribution in [2.75, 3.05) is 6.54 Å². The third-order valence-electron chi connectivity index (χ3n) is 3.11. The zero-order valence-corrected chi connectivity index (χ0v) is 10.9. The van der Waals surface area contributed by atoms with E-state index >= 15 is 0 Å². The Bertz CT molecular complexity index is 533. The zero-order valence-electron chi connectivity index (χ0n) is 10.9. The number of unbranched alkanes of at least 4 members (excludes halogenated alkanes) is 1. The standard InChI is InChI=1S/C14H19N3O/c1-3-4-9-15-14(18)11(2)17-10-16-12-7-5-6-8-13(12)17/h5-8,10-11H,3-4,9H2,1-2H3,(H,15,18). The van der Waals surface area contributed by atoms with Gasteiger partial charge in [-0.2, -0.15) is 0 Å². The Morgan fingerprint density at radius 1 is 1.44 bits per heavy atom. The summed E-state index contributed by atoms with van der Waals surface area (Å²) in [5, 5.41) is 2.95. The maximum Gasteiger partial charge on any atom is 0.242 e. The van der Waals surface area contributed by atoms with Crippen molar-refractivity contribution >= 4 is 16.9 Å². The van der Waals surface area contributed by atoms with Gasteiger partial charge in [-0.1, -0.05) is 25.5 Å². The van der Waals surface area contributed by atoms with Crippen LogP contribution in [0.1, 0.15) is 32.7 Å². The molecule has 0 bridgehead atoms. The number of benzene rings is 1. The van der Waals surface area contributed by atoms with E-state index in [1.165, 1.54) is 0 Å². The van der Waals surface area contributed by atoms with Gasteiger partial charge in [-0.25, -0.2) is 4.98 Å². The lowest BCUT2D eigenvalue weighted by molar-refractivity contribution is -0.123. The Kier molecular flexibility index (Phi) is 3.97. The highest BCUT2D eigenvalue weighted by Gasteiger charge is 2.16. The molecule has 0 fully saturated rings. The van der Waals surface area contributed by atoms with Crippen LogP contribution >= 0.6 is 0 Å². The maximum absolute atomic E-state index is 12.0. The van der Waals surface area contributed by atoms with Gasteiger partial charge in [-0.15, -0.1) is 0 Å². The number of carbonyl (C=O) groups is 1. The maximum atomic E-state index is 12.0. The molecule has 0 spiro atoms. The summed E-state index contributed by atoms with van der Waals surface area (Å²) in [6.07, 6.45) is 3.83. The molecule has 2 rings (SSSR count). The van der Waals surface area contributed by atoms with Gasteiger partial charge in [0.1, 0.15) is 6.04 Å². The van der Waals surface area contributed by atoms with E-state index in [4.69, 9.17) is 0 Å². The Morgan fingerprint density at radius 3 is 3.00 bits per heavy atom. The van der Waals surface area contributed by atoms with E-state index in [0.717, 1.165) is 30.4 Å².